The largest absolute Gasteiger partial charge is 0.507 e. The molecule has 0 bridgehead atoms. The lowest BCUT2D eigenvalue weighted by Crippen LogP contribution is -1.80. The molecule has 2 aromatic carbocycles. The van der Waals surface area contributed by atoms with E-state index in [0.717, 1.165) is 37.4 Å². The van der Waals surface area contributed by atoms with Crippen LogP contribution in [0.1, 0.15) is 5.69 Å². The van der Waals surface area contributed by atoms with E-state index in [0.29, 0.717) is 0 Å². The number of nitrogens with zero attached hydrogens (tertiary/aromatic N) is 2. The monoisotopic (exact) mass is 350 g/mol. The highest BCUT2D eigenvalue weighted by Gasteiger charge is 2.15. The average molecular weight is 350 g/mol. The summed E-state index contributed by atoms with van der Waals surface area (Å²) < 4.78 is 0. The molecule has 4 aromatic rings. The number of phenols is 1. The van der Waals surface area contributed by atoms with E-state index in [2.05, 4.69) is 12.1 Å². The second-order valence-electron chi connectivity index (χ2n) is 5.35. The van der Waals surface area contributed by atoms with Gasteiger partial charge in [-0.15, -0.1) is 22.7 Å². The number of aryl methyl sites for hydroxylation is 1. The first-order chi connectivity index (χ1) is 11.7. The quantitative estimate of drug-likeness (QED) is 0.522. The molecule has 0 amide bonds. The van der Waals surface area contributed by atoms with E-state index in [9.17, 15) is 5.11 Å². The molecule has 0 saturated carbocycles. The van der Waals surface area contributed by atoms with Crippen LogP contribution in [0.4, 0.5) is 0 Å². The summed E-state index contributed by atoms with van der Waals surface area (Å²) in [5, 5.41) is 13.8. The smallest absolute Gasteiger partial charge is 0.127 e. The average Bonchev–Trinajstić information content (AvgIpc) is 3.23. The number of phenolic OH excluding ortho intramolecular Hbond substituents is 1. The summed E-state index contributed by atoms with van der Waals surface area (Å²) in [6.45, 7) is 2.01. The third-order valence-electron chi connectivity index (χ3n) is 3.69. The molecule has 118 valence electrons. The summed E-state index contributed by atoms with van der Waals surface area (Å²) in [6.07, 6.45) is 0. The number of benzene rings is 2. The Bertz CT molecular complexity index is 990. The first-order valence-electron chi connectivity index (χ1n) is 7.49. The van der Waals surface area contributed by atoms with E-state index in [1.165, 1.54) is 11.3 Å². The lowest BCUT2D eigenvalue weighted by Gasteiger charge is -1.99. The fourth-order valence-electron chi connectivity index (χ4n) is 2.49. The number of para-hydroxylation sites is 1. The molecular formula is C19H14N2OS2. The van der Waals surface area contributed by atoms with Gasteiger partial charge >= 0.3 is 0 Å². The predicted octanol–water partition coefficient (Wildman–Crippen LogP) is 5.61. The summed E-state index contributed by atoms with van der Waals surface area (Å²) in [4.78, 5) is 10.5. The summed E-state index contributed by atoms with van der Waals surface area (Å²) >= 11 is 3.18. The molecule has 1 N–H and O–H groups in total. The van der Waals surface area contributed by atoms with Crippen LogP contribution in [0.5, 0.6) is 5.75 Å². The Kier molecular flexibility index (Phi) is 3.88. The zero-order valence-electron chi connectivity index (χ0n) is 12.9. The number of hydrogen-bond acceptors (Lipinski definition) is 5. The molecule has 4 rings (SSSR count). The Hall–Kier alpha value is -2.50. The maximum atomic E-state index is 10.0. The molecule has 0 spiro atoms. The Labute approximate surface area is 147 Å². The number of rotatable bonds is 3. The minimum atomic E-state index is 0.254. The van der Waals surface area contributed by atoms with Crippen molar-refractivity contribution in [2.75, 3.05) is 0 Å². The fourth-order valence-corrected chi connectivity index (χ4v) is 4.45. The summed E-state index contributed by atoms with van der Waals surface area (Å²) in [6, 6.07) is 17.5. The van der Waals surface area contributed by atoms with Crippen LogP contribution >= 0.6 is 22.7 Å². The second-order valence-corrected chi connectivity index (χ2v) is 7.21. The van der Waals surface area contributed by atoms with Crippen LogP contribution in [-0.2, 0) is 0 Å². The van der Waals surface area contributed by atoms with E-state index in [1.54, 1.807) is 17.4 Å². The van der Waals surface area contributed by atoms with Gasteiger partial charge in [-0.3, -0.25) is 0 Å². The van der Waals surface area contributed by atoms with Crippen molar-refractivity contribution < 1.29 is 5.11 Å². The van der Waals surface area contributed by atoms with Crippen molar-refractivity contribution in [3.8, 4) is 37.5 Å². The Morgan fingerprint density at radius 1 is 0.875 bits per heavy atom. The third-order valence-corrected chi connectivity index (χ3v) is 5.79. The standard InChI is InChI=1S/C19H14N2OS2/c1-12-17(24-18(20-12)13-7-3-2-4-8-13)15-11-23-19(21-15)14-9-5-6-10-16(14)22/h2-11,22H,1H3. The number of aromatic hydroxyl groups is 1. The van der Waals surface area contributed by atoms with Gasteiger partial charge in [-0.25, -0.2) is 9.97 Å². The molecule has 24 heavy (non-hydrogen) atoms. The van der Waals surface area contributed by atoms with Crippen LogP contribution in [0, 0.1) is 6.92 Å². The van der Waals surface area contributed by atoms with Crippen molar-refractivity contribution in [2.24, 2.45) is 0 Å². The predicted molar refractivity (Wildman–Crippen MR) is 100 cm³/mol. The Morgan fingerprint density at radius 2 is 1.62 bits per heavy atom. The first-order valence-corrected chi connectivity index (χ1v) is 9.19. The maximum absolute atomic E-state index is 10.0. The van der Waals surface area contributed by atoms with Gasteiger partial charge in [0, 0.05) is 10.9 Å². The maximum Gasteiger partial charge on any atom is 0.127 e. The Morgan fingerprint density at radius 3 is 2.42 bits per heavy atom. The van der Waals surface area contributed by atoms with Crippen LogP contribution in [0.3, 0.4) is 0 Å². The van der Waals surface area contributed by atoms with Crippen LogP contribution in [0.25, 0.3) is 31.7 Å². The number of hydrogen-bond donors (Lipinski definition) is 1. The van der Waals surface area contributed by atoms with Crippen molar-refractivity contribution >= 4 is 22.7 Å². The Balaban J connectivity index is 1.73. The molecule has 5 heteroatoms. The van der Waals surface area contributed by atoms with E-state index < -0.39 is 0 Å². The van der Waals surface area contributed by atoms with Gasteiger partial charge in [0.1, 0.15) is 15.8 Å². The van der Waals surface area contributed by atoms with Gasteiger partial charge in [-0.05, 0) is 19.1 Å². The highest BCUT2D eigenvalue weighted by molar-refractivity contribution is 7.19. The van der Waals surface area contributed by atoms with Crippen molar-refractivity contribution in [1.82, 2.24) is 9.97 Å². The van der Waals surface area contributed by atoms with Gasteiger partial charge in [0.15, 0.2) is 0 Å². The van der Waals surface area contributed by atoms with E-state index in [-0.39, 0.29) is 5.75 Å². The molecule has 2 heterocycles. The van der Waals surface area contributed by atoms with E-state index >= 15 is 0 Å². The van der Waals surface area contributed by atoms with Crippen LogP contribution < -0.4 is 0 Å². The number of aromatic nitrogens is 2. The molecule has 2 aromatic heterocycles. The SMILES string of the molecule is Cc1nc(-c2ccccc2)sc1-c1csc(-c2ccccc2O)n1. The van der Waals surface area contributed by atoms with Crippen molar-refractivity contribution in [2.45, 2.75) is 6.92 Å². The van der Waals surface area contributed by atoms with Crippen molar-refractivity contribution in [3.05, 3.63) is 65.7 Å². The molecule has 3 nitrogen and oxygen atoms in total. The molecule has 0 unspecified atom stereocenters. The third kappa shape index (κ3) is 2.72. The number of thiazole rings is 2. The van der Waals surface area contributed by atoms with Crippen molar-refractivity contribution in [3.63, 3.8) is 0 Å². The van der Waals surface area contributed by atoms with Crippen LogP contribution in [0.2, 0.25) is 0 Å². The molecule has 0 saturated heterocycles. The van der Waals surface area contributed by atoms with Crippen LogP contribution in [0.15, 0.2) is 60.0 Å². The van der Waals surface area contributed by atoms with Gasteiger partial charge in [0.25, 0.3) is 0 Å². The second kappa shape index (κ2) is 6.19. The summed E-state index contributed by atoms with van der Waals surface area (Å²) in [5.41, 5.74) is 3.77. The topological polar surface area (TPSA) is 46.0 Å². The molecule has 0 atom stereocenters. The lowest BCUT2D eigenvalue weighted by molar-refractivity contribution is 0.477. The molecule has 0 radical (unpaired) electrons. The molecule has 0 aliphatic heterocycles. The zero-order valence-corrected chi connectivity index (χ0v) is 14.6. The minimum absolute atomic E-state index is 0.254. The highest BCUT2D eigenvalue weighted by Crippen LogP contribution is 2.38. The first kappa shape index (κ1) is 15.1. The van der Waals surface area contributed by atoms with E-state index in [4.69, 9.17) is 9.97 Å². The molecule has 0 aliphatic carbocycles. The van der Waals surface area contributed by atoms with Gasteiger partial charge in [-0.2, -0.15) is 0 Å². The fraction of sp³-hybridized carbons (Fsp3) is 0.0526. The molecule has 0 fully saturated rings. The highest BCUT2D eigenvalue weighted by atomic mass is 32.1. The molecule has 0 aliphatic rings. The molecular weight excluding hydrogens is 336 g/mol. The zero-order chi connectivity index (χ0) is 16.5. The van der Waals surface area contributed by atoms with Gasteiger partial charge < -0.3 is 5.11 Å². The minimum Gasteiger partial charge on any atom is -0.507 e. The normalized spacial score (nSPS) is 10.9. The summed E-state index contributed by atoms with van der Waals surface area (Å²) in [5.74, 6) is 0.254. The lowest BCUT2D eigenvalue weighted by atomic mass is 10.2. The summed E-state index contributed by atoms with van der Waals surface area (Å²) in [7, 11) is 0. The van der Waals surface area contributed by atoms with Crippen molar-refractivity contribution in [1.29, 1.82) is 0 Å². The van der Waals surface area contributed by atoms with Gasteiger partial charge in [0.2, 0.25) is 0 Å². The van der Waals surface area contributed by atoms with Crippen LogP contribution in [-0.4, -0.2) is 15.1 Å². The van der Waals surface area contributed by atoms with Gasteiger partial charge in [-0.1, -0.05) is 42.5 Å². The van der Waals surface area contributed by atoms with Gasteiger partial charge in [0.05, 0.1) is 21.8 Å². The van der Waals surface area contributed by atoms with E-state index in [1.807, 2.05) is 48.7 Å².